The molecule has 0 unspecified atom stereocenters. The average Bonchev–Trinajstić information content (AvgIpc) is 2.22. The minimum Gasteiger partial charge on any atom is -0.324 e. The summed E-state index contributed by atoms with van der Waals surface area (Å²) in [7, 11) is 0. The predicted octanol–water partition coefficient (Wildman–Crippen LogP) is 3.09. The van der Waals surface area contributed by atoms with Crippen LogP contribution in [0.3, 0.4) is 0 Å². The van der Waals surface area contributed by atoms with Crippen molar-refractivity contribution in [1.29, 1.82) is 0 Å². The predicted molar refractivity (Wildman–Crippen MR) is 54.5 cm³/mol. The first-order valence-electron chi connectivity index (χ1n) is 4.89. The Morgan fingerprint density at radius 2 is 2.13 bits per heavy atom. The van der Waals surface area contributed by atoms with Gasteiger partial charge in [-0.1, -0.05) is 19.4 Å². The summed E-state index contributed by atoms with van der Waals surface area (Å²) in [5.41, 5.74) is -0.101. The highest BCUT2D eigenvalue weighted by Gasteiger charge is 2.09. The molecular weight excluding hydrogens is 200 g/mol. The molecule has 1 aromatic carbocycles. The average molecular weight is 213 g/mol. The van der Waals surface area contributed by atoms with Crippen LogP contribution >= 0.6 is 0 Å². The Balaban J connectivity index is 2.64. The molecule has 0 bridgehead atoms. The Labute approximate surface area is 87.3 Å². The number of carbonyl (C=O) groups is 1. The summed E-state index contributed by atoms with van der Waals surface area (Å²) in [6.45, 7) is 1.95. The van der Waals surface area contributed by atoms with Gasteiger partial charge >= 0.3 is 0 Å². The summed E-state index contributed by atoms with van der Waals surface area (Å²) in [6.07, 6.45) is 1.95. The third kappa shape index (κ3) is 3.31. The number of benzene rings is 1. The zero-order chi connectivity index (χ0) is 11.3. The molecule has 1 amide bonds. The normalized spacial score (nSPS) is 10.1. The summed E-state index contributed by atoms with van der Waals surface area (Å²) in [5.74, 6) is -2.26. The lowest BCUT2D eigenvalue weighted by atomic mass is 10.2. The van der Waals surface area contributed by atoms with Crippen LogP contribution in [0.25, 0.3) is 0 Å². The molecule has 0 heterocycles. The summed E-state index contributed by atoms with van der Waals surface area (Å²) in [5, 5.41) is 2.33. The van der Waals surface area contributed by atoms with Gasteiger partial charge in [0.1, 0.15) is 0 Å². The lowest BCUT2D eigenvalue weighted by molar-refractivity contribution is -0.116. The maximum atomic E-state index is 13.1. The van der Waals surface area contributed by atoms with Crippen molar-refractivity contribution < 1.29 is 13.6 Å². The van der Waals surface area contributed by atoms with E-state index >= 15 is 0 Å². The van der Waals surface area contributed by atoms with Crippen molar-refractivity contribution >= 4 is 11.6 Å². The van der Waals surface area contributed by atoms with Crippen LogP contribution in [0.4, 0.5) is 14.5 Å². The molecule has 82 valence electrons. The fourth-order valence-electron chi connectivity index (χ4n) is 1.15. The molecule has 15 heavy (non-hydrogen) atoms. The largest absolute Gasteiger partial charge is 0.324 e. The zero-order valence-corrected chi connectivity index (χ0v) is 8.52. The fraction of sp³-hybridized carbons (Fsp3) is 0.364. The second-order valence-corrected chi connectivity index (χ2v) is 3.25. The number of anilines is 1. The molecule has 4 heteroatoms. The third-order valence-electron chi connectivity index (χ3n) is 1.98. The highest BCUT2D eigenvalue weighted by Crippen LogP contribution is 2.16. The van der Waals surface area contributed by atoms with E-state index in [-0.39, 0.29) is 11.6 Å². The third-order valence-corrected chi connectivity index (χ3v) is 1.98. The fourth-order valence-corrected chi connectivity index (χ4v) is 1.15. The smallest absolute Gasteiger partial charge is 0.224 e. The number of nitrogens with one attached hydrogen (secondary N) is 1. The minimum atomic E-state index is -1.01. The number of amides is 1. The van der Waals surface area contributed by atoms with E-state index in [4.69, 9.17) is 0 Å². The maximum absolute atomic E-state index is 13.1. The number of hydrogen-bond acceptors (Lipinski definition) is 1. The lowest BCUT2D eigenvalue weighted by Crippen LogP contribution is -2.12. The van der Waals surface area contributed by atoms with Crippen molar-refractivity contribution in [2.75, 3.05) is 5.32 Å². The molecule has 0 saturated heterocycles. The van der Waals surface area contributed by atoms with E-state index in [1.54, 1.807) is 0 Å². The number of carbonyl (C=O) groups excluding carboxylic acids is 1. The molecule has 2 nitrogen and oxygen atoms in total. The van der Waals surface area contributed by atoms with E-state index in [0.29, 0.717) is 6.42 Å². The molecule has 0 aromatic heterocycles. The van der Waals surface area contributed by atoms with E-state index < -0.39 is 11.6 Å². The summed E-state index contributed by atoms with van der Waals surface area (Å²) in [6, 6.07) is 3.70. The molecule has 0 aliphatic rings. The molecule has 0 fully saturated rings. The van der Waals surface area contributed by atoms with Crippen molar-refractivity contribution in [1.82, 2.24) is 0 Å². The van der Waals surface area contributed by atoms with Crippen molar-refractivity contribution in [3.05, 3.63) is 29.8 Å². The van der Waals surface area contributed by atoms with Gasteiger partial charge in [0.2, 0.25) is 5.91 Å². The van der Waals surface area contributed by atoms with Gasteiger partial charge in [-0.3, -0.25) is 4.79 Å². The van der Waals surface area contributed by atoms with Gasteiger partial charge in [-0.2, -0.15) is 0 Å². The van der Waals surface area contributed by atoms with Crippen LogP contribution in [0, 0.1) is 11.6 Å². The molecule has 0 atom stereocenters. The van der Waals surface area contributed by atoms with E-state index in [1.165, 1.54) is 12.1 Å². The van der Waals surface area contributed by atoms with E-state index in [2.05, 4.69) is 5.32 Å². The van der Waals surface area contributed by atoms with E-state index in [1.807, 2.05) is 6.92 Å². The molecule has 1 N–H and O–H groups in total. The molecule has 1 rings (SSSR count). The van der Waals surface area contributed by atoms with E-state index in [9.17, 15) is 13.6 Å². The van der Waals surface area contributed by atoms with Crippen LogP contribution in [-0.2, 0) is 4.79 Å². The molecule has 0 saturated carbocycles. The monoisotopic (exact) mass is 213 g/mol. The Morgan fingerprint density at radius 1 is 1.40 bits per heavy atom. The molecule has 0 aliphatic heterocycles. The van der Waals surface area contributed by atoms with Crippen LogP contribution < -0.4 is 5.32 Å². The van der Waals surface area contributed by atoms with Crippen LogP contribution in [0.1, 0.15) is 26.2 Å². The van der Waals surface area contributed by atoms with Gasteiger partial charge in [0, 0.05) is 6.42 Å². The topological polar surface area (TPSA) is 29.1 Å². The van der Waals surface area contributed by atoms with Crippen molar-refractivity contribution in [2.45, 2.75) is 26.2 Å². The van der Waals surface area contributed by atoms with Gasteiger partial charge in [0.15, 0.2) is 11.6 Å². The van der Waals surface area contributed by atoms with Crippen LogP contribution in [-0.4, -0.2) is 5.91 Å². The quantitative estimate of drug-likeness (QED) is 0.818. The number of rotatable bonds is 4. The van der Waals surface area contributed by atoms with Crippen LogP contribution in [0.5, 0.6) is 0 Å². The Morgan fingerprint density at radius 3 is 2.80 bits per heavy atom. The number of unbranched alkanes of at least 4 members (excludes halogenated alkanes) is 1. The zero-order valence-electron chi connectivity index (χ0n) is 8.52. The minimum absolute atomic E-state index is 0.101. The van der Waals surface area contributed by atoms with Gasteiger partial charge in [0.05, 0.1) is 5.69 Å². The Bertz CT molecular complexity index is 352. The Hall–Kier alpha value is -1.45. The van der Waals surface area contributed by atoms with Gasteiger partial charge in [-0.25, -0.2) is 8.78 Å². The van der Waals surface area contributed by atoms with Crippen molar-refractivity contribution in [3.8, 4) is 0 Å². The second-order valence-electron chi connectivity index (χ2n) is 3.25. The summed E-state index contributed by atoms with van der Waals surface area (Å²) >= 11 is 0. The van der Waals surface area contributed by atoms with Crippen LogP contribution in [0.2, 0.25) is 0 Å². The Kier molecular flexibility index (Phi) is 4.21. The van der Waals surface area contributed by atoms with Gasteiger partial charge in [-0.15, -0.1) is 0 Å². The lowest BCUT2D eigenvalue weighted by Gasteiger charge is -2.05. The summed E-state index contributed by atoms with van der Waals surface area (Å²) < 4.78 is 25.8. The highest BCUT2D eigenvalue weighted by molar-refractivity contribution is 5.90. The highest BCUT2D eigenvalue weighted by atomic mass is 19.2. The first-order chi connectivity index (χ1) is 7.15. The van der Waals surface area contributed by atoms with Crippen molar-refractivity contribution in [2.24, 2.45) is 0 Å². The molecular formula is C11H13F2NO. The maximum Gasteiger partial charge on any atom is 0.224 e. The summed E-state index contributed by atoms with van der Waals surface area (Å²) in [4.78, 5) is 11.2. The molecule has 0 aliphatic carbocycles. The van der Waals surface area contributed by atoms with Crippen LogP contribution in [0.15, 0.2) is 18.2 Å². The SMILES string of the molecule is CCCCC(=O)Nc1cccc(F)c1F. The van der Waals surface area contributed by atoms with E-state index in [0.717, 1.165) is 18.9 Å². The molecule has 0 radical (unpaired) electrons. The van der Waals surface area contributed by atoms with Gasteiger partial charge in [0.25, 0.3) is 0 Å². The molecule has 0 spiro atoms. The number of hydrogen-bond donors (Lipinski definition) is 1. The first kappa shape index (κ1) is 11.6. The van der Waals surface area contributed by atoms with Gasteiger partial charge in [-0.05, 0) is 18.6 Å². The number of halogens is 2. The van der Waals surface area contributed by atoms with Crippen molar-refractivity contribution in [3.63, 3.8) is 0 Å². The molecule has 1 aromatic rings. The standard InChI is InChI=1S/C11H13F2NO/c1-2-3-7-10(15)14-9-6-4-5-8(12)11(9)13/h4-6H,2-3,7H2,1H3,(H,14,15). The first-order valence-corrected chi connectivity index (χ1v) is 4.89. The van der Waals surface area contributed by atoms with Gasteiger partial charge < -0.3 is 5.32 Å². The second kappa shape index (κ2) is 5.44.